The van der Waals surface area contributed by atoms with Crippen molar-refractivity contribution in [1.82, 2.24) is 14.5 Å². The van der Waals surface area contributed by atoms with E-state index in [1.54, 1.807) is 12.1 Å². The lowest BCUT2D eigenvalue weighted by Crippen LogP contribution is -2.46. The Morgan fingerprint density at radius 3 is 2.61 bits per heavy atom. The van der Waals surface area contributed by atoms with Crippen LogP contribution in [0.25, 0.3) is 10.9 Å². The predicted octanol–water partition coefficient (Wildman–Crippen LogP) is 3.98. The second-order valence-electron chi connectivity index (χ2n) is 9.05. The highest BCUT2D eigenvalue weighted by Crippen LogP contribution is 2.42. The third-order valence-electron chi connectivity index (χ3n) is 6.25. The summed E-state index contributed by atoms with van der Waals surface area (Å²) in [5.74, 6) is 0.256. The molecule has 3 heterocycles. The first kappa shape index (κ1) is 21.4. The van der Waals surface area contributed by atoms with E-state index < -0.39 is 15.9 Å². The van der Waals surface area contributed by atoms with Crippen LogP contribution in [0.4, 0.5) is 4.79 Å². The van der Waals surface area contributed by atoms with Crippen molar-refractivity contribution in [3.05, 3.63) is 60.0 Å². The minimum absolute atomic E-state index is 0.159. The number of sulfone groups is 1. The number of rotatable bonds is 4. The molecule has 1 fully saturated rings. The Morgan fingerprint density at radius 2 is 2.00 bits per heavy atom. The molecule has 1 aliphatic heterocycles. The minimum atomic E-state index is -3.23. The van der Waals surface area contributed by atoms with Gasteiger partial charge in [0.1, 0.15) is 0 Å². The molecule has 8 heteroatoms. The molecule has 1 saturated heterocycles. The number of fused-ring (bicyclic) bond motifs is 1. The van der Waals surface area contributed by atoms with Gasteiger partial charge in [-0.15, -0.1) is 0 Å². The number of piperidine rings is 1. The Hall–Kier alpha value is -2.87. The minimum Gasteiger partial charge on any atom is -0.465 e. The Bertz CT molecular complexity index is 1230. The zero-order chi connectivity index (χ0) is 22.4. The van der Waals surface area contributed by atoms with Gasteiger partial charge >= 0.3 is 6.09 Å². The molecule has 0 saturated carbocycles. The molecule has 1 aliphatic rings. The molecule has 0 radical (unpaired) electrons. The van der Waals surface area contributed by atoms with Gasteiger partial charge in [-0.2, -0.15) is 0 Å². The number of carbonyl (C=O) groups is 1. The zero-order valence-electron chi connectivity index (χ0n) is 17.9. The SMILES string of the molecule is CC1(C)CN(C(=O)O)CCC1c1ccc(Cn2ccc3cc(S(C)(=O)=O)ccc32)nc1. The molecule has 3 aromatic rings. The maximum atomic E-state index is 11.8. The first-order valence-corrected chi connectivity index (χ1v) is 12.2. The van der Waals surface area contributed by atoms with Crippen LogP contribution in [-0.2, 0) is 16.4 Å². The molecule has 0 bridgehead atoms. The summed E-state index contributed by atoms with van der Waals surface area (Å²) in [6.45, 7) is 5.85. The maximum absolute atomic E-state index is 11.8. The van der Waals surface area contributed by atoms with Crippen molar-refractivity contribution >= 4 is 26.8 Å². The largest absolute Gasteiger partial charge is 0.465 e. The lowest BCUT2D eigenvalue weighted by Gasteiger charge is -2.43. The smallest absolute Gasteiger partial charge is 0.407 e. The van der Waals surface area contributed by atoms with Crippen LogP contribution in [0, 0.1) is 5.41 Å². The van der Waals surface area contributed by atoms with E-state index in [1.165, 1.54) is 11.2 Å². The zero-order valence-corrected chi connectivity index (χ0v) is 18.8. The maximum Gasteiger partial charge on any atom is 0.407 e. The van der Waals surface area contributed by atoms with E-state index in [4.69, 9.17) is 0 Å². The third kappa shape index (κ3) is 4.30. The fourth-order valence-electron chi connectivity index (χ4n) is 4.59. The number of pyridine rings is 1. The van der Waals surface area contributed by atoms with Crippen LogP contribution in [0.2, 0.25) is 0 Å². The van der Waals surface area contributed by atoms with Crippen molar-refractivity contribution in [3.63, 3.8) is 0 Å². The first-order chi connectivity index (χ1) is 14.5. The standard InChI is InChI=1S/C23H27N3O4S/c1-23(2)15-26(22(27)28)11-9-20(23)17-4-5-18(24-13-17)14-25-10-8-16-12-19(31(3,29)30)6-7-21(16)25/h4-8,10,12-13,20H,9,11,14-15H2,1-3H3,(H,27,28). The van der Waals surface area contributed by atoms with E-state index in [-0.39, 0.29) is 11.3 Å². The molecule has 1 amide bonds. The van der Waals surface area contributed by atoms with Crippen molar-refractivity contribution in [2.24, 2.45) is 5.41 Å². The number of likely N-dealkylation sites (tertiary alicyclic amines) is 1. The first-order valence-electron chi connectivity index (χ1n) is 10.3. The fraction of sp³-hybridized carbons (Fsp3) is 0.391. The van der Waals surface area contributed by atoms with Crippen molar-refractivity contribution in [3.8, 4) is 0 Å². The van der Waals surface area contributed by atoms with Gasteiger partial charge in [0.05, 0.1) is 17.1 Å². The monoisotopic (exact) mass is 441 g/mol. The van der Waals surface area contributed by atoms with E-state index in [9.17, 15) is 18.3 Å². The van der Waals surface area contributed by atoms with Crippen molar-refractivity contribution < 1.29 is 18.3 Å². The molecular formula is C23H27N3O4S. The normalized spacial score (nSPS) is 18.9. The molecule has 1 atom stereocenters. The molecule has 1 unspecified atom stereocenters. The molecule has 0 spiro atoms. The van der Waals surface area contributed by atoms with E-state index >= 15 is 0 Å². The second kappa shape index (κ2) is 7.67. The Balaban J connectivity index is 1.52. The summed E-state index contributed by atoms with van der Waals surface area (Å²) in [6.07, 6.45) is 4.99. The van der Waals surface area contributed by atoms with Gasteiger partial charge in [0.15, 0.2) is 9.84 Å². The molecule has 1 aromatic carbocycles. The fourth-order valence-corrected chi connectivity index (χ4v) is 5.25. The highest BCUT2D eigenvalue weighted by molar-refractivity contribution is 7.90. The molecule has 4 rings (SSSR count). The molecule has 31 heavy (non-hydrogen) atoms. The van der Waals surface area contributed by atoms with Crippen molar-refractivity contribution in [2.75, 3.05) is 19.3 Å². The van der Waals surface area contributed by atoms with E-state index in [0.29, 0.717) is 24.5 Å². The van der Waals surface area contributed by atoms with Gasteiger partial charge in [-0.25, -0.2) is 13.2 Å². The second-order valence-corrected chi connectivity index (χ2v) is 11.1. The summed E-state index contributed by atoms with van der Waals surface area (Å²) in [4.78, 5) is 17.8. The molecular weight excluding hydrogens is 414 g/mol. The molecule has 0 aliphatic carbocycles. The summed E-state index contributed by atoms with van der Waals surface area (Å²) in [5, 5.41) is 10.2. The van der Waals surface area contributed by atoms with E-state index in [1.807, 2.05) is 30.6 Å². The summed E-state index contributed by atoms with van der Waals surface area (Å²) >= 11 is 0. The quantitative estimate of drug-likeness (QED) is 0.661. The van der Waals surface area contributed by atoms with Crippen LogP contribution in [0.1, 0.15) is 37.4 Å². The lowest BCUT2D eigenvalue weighted by atomic mass is 9.71. The summed E-state index contributed by atoms with van der Waals surface area (Å²) < 4.78 is 25.6. The van der Waals surface area contributed by atoms with Crippen LogP contribution >= 0.6 is 0 Å². The number of benzene rings is 1. The Morgan fingerprint density at radius 1 is 1.23 bits per heavy atom. The lowest BCUT2D eigenvalue weighted by molar-refractivity contribution is 0.0803. The number of nitrogens with zero attached hydrogens (tertiary/aromatic N) is 3. The molecule has 2 aromatic heterocycles. The predicted molar refractivity (Wildman–Crippen MR) is 119 cm³/mol. The van der Waals surface area contributed by atoms with Crippen molar-refractivity contribution in [2.45, 2.75) is 37.6 Å². The van der Waals surface area contributed by atoms with Gasteiger partial charge in [-0.3, -0.25) is 4.98 Å². The summed E-state index contributed by atoms with van der Waals surface area (Å²) in [6, 6.07) is 11.2. The van der Waals surface area contributed by atoms with Crippen LogP contribution < -0.4 is 0 Å². The van der Waals surface area contributed by atoms with Crippen LogP contribution in [0.5, 0.6) is 0 Å². The Labute approximate surface area is 182 Å². The Kier molecular flexibility index (Phi) is 5.29. The van der Waals surface area contributed by atoms with Gasteiger partial charge in [0.2, 0.25) is 0 Å². The average molecular weight is 442 g/mol. The summed E-state index contributed by atoms with van der Waals surface area (Å²) in [5.41, 5.74) is 2.84. The van der Waals surface area contributed by atoms with E-state index in [2.05, 4.69) is 29.5 Å². The van der Waals surface area contributed by atoms with Gasteiger partial charge in [-0.05, 0) is 53.6 Å². The summed E-state index contributed by atoms with van der Waals surface area (Å²) in [7, 11) is -3.23. The average Bonchev–Trinajstić information content (AvgIpc) is 3.09. The highest BCUT2D eigenvalue weighted by atomic mass is 32.2. The van der Waals surface area contributed by atoms with Gasteiger partial charge in [0.25, 0.3) is 0 Å². The number of hydrogen-bond donors (Lipinski definition) is 1. The third-order valence-corrected chi connectivity index (χ3v) is 7.36. The van der Waals surface area contributed by atoms with E-state index in [0.717, 1.165) is 28.6 Å². The topological polar surface area (TPSA) is 92.5 Å². The van der Waals surface area contributed by atoms with Gasteiger partial charge < -0.3 is 14.6 Å². The van der Waals surface area contributed by atoms with Gasteiger partial charge in [-0.1, -0.05) is 19.9 Å². The number of hydrogen-bond acceptors (Lipinski definition) is 4. The number of amides is 1. The molecule has 1 N–H and O–H groups in total. The number of carboxylic acid groups (broad SMARTS) is 1. The van der Waals surface area contributed by atoms with Crippen LogP contribution in [-0.4, -0.2) is 53.4 Å². The number of aromatic nitrogens is 2. The molecule has 164 valence electrons. The highest BCUT2D eigenvalue weighted by Gasteiger charge is 2.38. The van der Waals surface area contributed by atoms with Crippen LogP contribution in [0.3, 0.4) is 0 Å². The molecule has 7 nitrogen and oxygen atoms in total. The van der Waals surface area contributed by atoms with Crippen LogP contribution in [0.15, 0.2) is 53.7 Å². The van der Waals surface area contributed by atoms with Gasteiger partial charge in [0, 0.05) is 42.6 Å². The van der Waals surface area contributed by atoms with Crippen molar-refractivity contribution in [1.29, 1.82) is 0 Å².